The lowest BCUT2D eigenvalue weighted by molar-refractivity contribution is 0.844. The molecule has 0 saturated heterocycles. The summed E-state index contributed by atoms with van der Waals surface area (Å²) in [5.41, 5.74) is 6.17. The minimum absolute atomic E-state index is 0.851. The van der Waals surface area contributed by atoms with Crippen LogP contribution in [0.15, 0.2) is 24.4 Å². The van der Waals surface area contributed by atoms with Gasteiger partial charge in [-0.2, -0.15) is 5.10 Å². The van der Waals surface area contributed by atoms with E-state index in [9.17, 15) is 0 Å². The van der Waals surface area contributed by atoms with Gasteiger partial charge in [0.25, 0.3) is 0 Å². The van der Waals surface area contributed by atoms with E-state index in [0.717, 1.165) is 11.0 Å². The molecule has 1 aromatic carbocycles. The lowest BCUT2D eigenvalue weighted by Crippen LogP contribution is -2.00. The Labute approximate surface area is 104 Å². The zero-order valence-corrected chi connectivity index (χ0v) is 11.4. The highest BCUT2D eigenvalue weighted by molar-refractivity contribution is 9.08. The molecule has 1 aromatic heterocycles. The third-order valence-electron chi connectivity index (χ3n) is 2.99. The van der Waals surface area contributed by atoms with Crippen molar-refractivity contribution >= 4 is 15.9 Å². The van der Waals surface area contributed by atoms with E-state index < -0.39 is 0 Å². The first kappa shape index (κ1) is 11.4. The molecule has 16 heavy (non-hydrogen) atoms. The average molecular weight is 279 g/mol. The van der Waals surface area contributed by atoms with Gasteiger partial charge in [-0.15, -0.1) is 0 Å². The highest BCUT2D eigenvalue weighted by atomic mass is 79.9. The highest BCUT2D eigenvalue weighted by Crippen LogP contribution is 2.18. The Morgan fingerprint density at radius 3 is 2.50 bits per heavy atom. The minimum Gasteiger partial charge on any atom is -0.238 e. The summed E-state index contributed by atoms with van der Waals surface area (Å²) < 4.78 is 1.99. The topological polar surface area (TPSA) is 17.8 Å². The maximum atomic E-state index is 4.41. The normalized spacial score (nSPS) is 10.8. The molecule has 0 aliphatic heterocycles. The summed E-state index contributed by atoms with van der Waals surface area (Å²) in [7, 11) is 0. The fourth-order valence-corrected chi connectivity index (χ4v) is 2.24. The Bertz CT molecular complexity index is 515. The van der Waals surface area contributed by atoms with Crippen LogP contribution in [-0.4, -0.2) is 9.78 Å². The van der Waals surface area contributed by atoms with Gasteiger partial charge in [0.1, 0.15) is 0 Å². The van der Waals surface area contributed by atoms with Crippen molar-refractivity contribution in [1.82, 2.24) is 9.78 Å². The fraction of sp³-hybridized carbons (Fsp3) is 0.308. The monoisotopic (exact) mass is 278 g/mol. The number of nitrogens with zero attached hydrogens (tertiary/aromatic N) is 2. The molecule has 1 heterocycles. The molecular formula is C13H15BrN2. The summed E-state index contributed by atoms with van der Waals surface area (Å²) in [5, 5.41) is 5.27. The van der Waals surface area contributed by atoms with E-state index in [2.05, 4.69) is 60.0 Å². The maximum Gasteiger partial charge on any atom is 0.0651 e. The zero-order valence-electron chi connectivity index (χ0n) is 9.79. The fourth-order valence-electron chi connectivity index (χ4n) is 1.69. The summed E-state index contributed by atoms with van der Waals surface area (Å²) in [6.07, 6.45) is 1.92. The van der Waals surface area contributed by atoms with Gasteiger partial charge < -0.3 is 0 Å². The van der Waals surface area contributed by atoms with Crippen LogP contribution in [0.25, 0.3) is 5.69 Å². The van der Waals surface area contributed by atoms with E-state index in [1.807, 2.05) is 10.9 Å². The lowest BCUT2D eigenvalue weighted by atomic mass is 10.1. The molecule has 0 aliphatic rings. The Morgan fingerprint density at radius 2 is 1.94 bits per heavy atom. The number of alkyl halides is 1. The van der Waals surface area contributed by atoms with Crippen LogP contribution in [0.3, 0.4) is 0 Å². The van der Waals surface area contributed by atoms with Gasteiger partial charge in [-0.1, -0.05) is 22.0 Å². The average Bonchev–Trinajstić information content (AvgIpc) is 2.64. The number of aryl methyl sites for hydroxylation is 2. The van der Waals surface area contributed by atoms with E-state index >= 15 is 0 Å². The van der Waals surface area contributed by atoms with Gasteiger partial charge in [0.05, 0.1) is 11.9 Å². The van der Waals surface area contributed by atoms with E-state index in [-0.39, 0.29) is 0 Å². The molecule has 3 heteroatoms. The number of benzene rings is 1. The highest BCUT2D eigenvalue weighted by Gasteiger charge is 2.07. The summed E-state index contributed by atoms with van der Waals surface area (Å²) in [4.78, 5) is 0. The Hall–Kier alpha value is -1.09. The van der Waals surface area contributed by atoms with Gasteiger partial charge in [-0.3, -0.25) is 0 Å². The van der Waals surface area contributed by atoms with Gasteiger partial charge in [0, 0.05) is 16.6 Å². The molecule has 0 aliphatic carbocycles. The molecule has 2 aromatic rings. The Morgan fingerprint density at radius 1 is 1.19 bits per heavy atom. The largest absolute Gasteiger partial charge is 0.238 e. The smallest absolute Gasteiger partial charge is 0.0651 e. The second kappa shape index (κ2) is 4.42. The maximum absolute atomic E-state index is 4.41. The molecule has 0 atom stereocenters. The number of halogens is 1. The summed E-state index contributed by atoms with van der Waals surface area (Å²) in [6, 6.07) is 6.42. The standard InChI is InChI=1S/C13H15BrN2/c1-9-4-5-13(6-10(9)2)16-11(3)12(7-14)8-15-16/h4-6,8H,7H2,1-3H3. The second-order valence-corrected chi connectivity index (χ2v) is 4.63. The predicted octanol–water partition coefficient (Wildman–Crippen LogP) is 3.69. The summed E-state index contributed by atoms with van der Waals surface area (Å²) in [5.74, 6) is 0. The zero-order chi connectivity index (χ0) is 11.7. The molecule has 0 fully saturated rings. The minimum atomic E-state index is 0.851. The molecule has 2 nitrogen and oxygen atoms in total. The van der Waals surface area contributed by atoms with Crippen molar-refractivity contribution in [1.29, 1.82) is 0 Å². The Balaban J connectivity index is 2.50. The second-order valence-electron chi connectivity index (χ2n) is 4.07. The molecular weight excluding hydrogens is 264 g/mol. The number of aromatic nitrogens is 2. The molecule has 0 radical (unpaired) electrons. The van der Waals surface area contributed by atoms with Gasteiger partial charge in [-0.25, -0.2) is 4.68 Å². The number of rotatable bonds is 2. The first-order valence-electron chi connectivity index (χ1n) is 5.30. The molecule has 0 N–H and O–H groups in total. The van der Waals surface area contributed by atoms with Crippen LogP contribution in [0, 0.1) is 20.8 Å². The van der Waals surface area contributed by atoms with E-state index in [4.69, 9.17) is 0 Å². The van der Waals surface area contributed by atoms with Crippen LogP contribution in [0.4, 0.5) is 0 Å². The van der Waals surface area contributed by atoms with Gasteiger partial charge in [0.2, 0.25) is 0 Å². The van der Waals surface area contributed by atoms with Crippen molar-refractivity contribution < 1.29 is 0 Å². The molecule has 0 bridgehead atoms. The predicted molar refractivity (Wildman–Crippen MR) is 70.4 cm³/mol. The SMILES string of the molecule is Cc1ccc(-n2ncc(CBr)c2C)cc1C. The number of hydrogen-bond donors (Lipinski definition) is 0. The van der Waals surface area contributed by atoms with Crippen LogP contribution in [0.5, 0.6) is 0 Å². The van der Waals surface area contributed by atoms with Gasteiger partial charge in [0.15, 0.2) is 0 Å². The van der Waals surface area contributed by atoms with Crippen LogP contribution in [0.1, 0.15) is 22.4 Å². The molecule has 0 saturated carbocycles. The van der Waals surface area contributed by atoms with Crippen LogP contribution >= 0.6 is 15.9 Å². The quantitative estimate of drug-likeness (QED) is 0.766. The molecule has 0 unspecified atom stereocenters. The van der Waals surface area contributed by atoms with Crippen molar-refractivity contribution in [2.45, 2.75) is 26.1 Å². The van der Waals surface area contributed by atoms with Gasteiger partial charge >= 0.3 is 0 Å². The third-order valence-corrected chi connectivity index (χ3v) is 3.59. The molecule has 0 amide bonds. The van der Waals surface area contributed by atoms with Crippen molar-refractivity contribution in [2.75, 3.05) is 0 Å². The molecule has 0 spiro atoms. The van der Waals surface area contributed by atoms with E-state index in [0.29, 0.717) is 0 Å². The van der Waals surface area contributed by atoms with Crippen LogP contribution in [0.2, 0.25) is 0 Å². The first-order valence-corrected chi connectivity index (χ1v) is 6.42. The molecule has 2 rings (SSSR count). The van der Waals surface area contributed by atoms with Crippen molar-refractivity contribution in [3.05, 3.63) is 46.8 Å². The van der Waals surface area contributed by atoms with Crippen molar-refractivity contribution in [3.63, 3.8) is 0 Å². The summed E-state index contributed by atoms with van der Waals surface area (Å²) >= 11 is 3.47. The Kier molecular flexibility index (Phi) is 3.15. The first-order chi connectivity index (χ1) is 7.63. The third kappa shape index (κ3) is 1.92. The van der Waals surface area contributed by atoms with Gasteiger partial charge in [-0.05, 0) is 44.0 Å². The summed E-state index contributed by atoms with van der Waals surface area (Å²) in [6.45, 7) is 6.35. The van der Waals surface area contributed by atoms with Crippen LogP contribution in [-0.2, 0) is 5.33 Å². The lowest BCUT2D eigenvalue weighted by Gasteiger charge is -2.07. The molecule has 84 valence electrons. The van der Waals surface area contributed by atoms with Crippen molar-refractivity contribution in [2.24, 2.45) is 0 Å². The van der Waals surface area contributed by atoms with Crippen molar-refractivity contribution in [3.8, 4) is 5.69 Å². The van der Waals surface area contributed by atoms with E-state index in [1.54, 1.807) is 0 Å². The number of hydrogen-bond acceptors (Lipinski definition) is 1. The van der Waals surface area contributed by atoms with E-state index in [1.165, 1.54) is 22.4 Å². The van der Waals surface area contributed by atoms with Crippen LogP contribution < -0.4 is 0 Å².